The molecule has 4 rings (SSSR count). The summed E-state index contributed by atoms with van der Waals surface area (Å²) in [4.78, 5) is 20.7. The van der Waals surface area contributed by atoms with E-state index in [1.54, 1.807) is 6.20 Å². The van der Waals surface area contributed by atoms with E-state index in [-0.39, 0.29) is 17.7 Å². The van der Waals surface area contributed by atoms with Gasteiger partial charge in [-0.05, 0) is 19.9 Å². The fourth-order valence-electron chi connectivity index (χ4n) is 2.80. The molecule has 1 N–H and O–H groups in total. The second kappa shape index (κ2) is 7.00. The van der Waals surface area contributed by atoms with Gasteiger partial charge in [0, 0.05) is 23.0 Å². The van der Waals surface area contributed by atoms with Crippen LogP contribution in [0.4, 0.5) is 5.13 Å². The van der Waals surface area contributed by atoms with Gasteiger partial charge in [-0.2, -0.15) is 0 Å². The first-order valence-electron chi connectivity index (χ1n) is 8.09. The van der Waals surface area contributed by atoms with Gasteiger partial charge in [0.25, 0.3) is 0 Å². The molecule has 132 valence electrons. The summed E-state index contributed by atoms with van der Waals surface area (Å²) in [7, 11) is 0. The van der Waals surface area contributed by atoms with Gasteiger partial charge in [0.15, 0.2) is 10.8 Å². The Hall–Kier alpha value is -2.52. The predicted molar refractivity (Wildman–Crippen MR) is 105 cm³/mol. The molecule has 0 unspecified atom stereocenters. The minimum absolute atomic E-state index is 0.141. The molecule has 0 aliphatic carbocycles. The van der Waals surface area contributed by atoms with Crippen LogP contribution < -0.4 is 5.32 Å². The standard InChI is InChI=1S/C17H16N6OS2/c1-10(2)23-12-6-4-3-5-11(12)14-15(23)20-17(22-21-14)26-9-13(24)19-16-18-7-8-25-16/h3-8,10H,9H2,1-2H3,(H,18,19,24). The van der Waals surface area contributed by atoms with Crippen LogP contribution in [0.5, 0.6) is 0 Å². The molecule has 0 radical (unpaired) electrons. The number of nitrogens with one attached hydrogen (secondary N) is 1. The van der Waals surface area contributed by atoms with Gasteiger partial charge in [0.2, 0.25) is 11.1 Å². The molecule has 0 fully saturated rings. The number of amides is 1. The number of thiazole rings is 1. The number of nitrogens with zero attached hydrogens (tertiary/aromatic N) is 5. The number of fused-ring (bicyclic) bond motifs is 3. The third-order valence-electron chi connectivity index (χ3n) is 3.82. The number of rotatable bonds is 5. The highest BCUT2D eigenvalue weighted by atomic mass is 32.2. The number of hydrogen-bond donors (Lipinski definition) is 1. The number of benzene rings is 1. The second-order valence-electron chi connectivity index (χ2n) is 5.92. The summed E-state index contributed by atoms with van der Waals surface area (Å²) in [6.45, 7) is 4.23. The topological polar surface area (TPSA) is 85.6 Å². The molecule has 0 aliphatic heterocycles. The van der Waals surface area contributed by atoms with E-state index < -0.39 is 0 Å². The Morgan fingerprint density at radius 2 is 2.15 bits per heavy atom. The maximum Gasteiger partial charge on any atom is 0.236 e. The van der Waals surface area contributed by atoms with Crippen molar-refractivity contribution in [2.45, 2.75) is 25.0 Å². The summed E-state index contributed by atoms with van der Waals surface area (Å²) in [6.07, 6.45) is 1.65. The summed E-state index contributed by atoms with van der Waals surface area (Å²) in [5.74, 6) is 0.0624. The molecule has 0 spiro atoms. The number of carbonyl (C=O) groups excluding carboxylic acids is 1. The van der Waals surface area contributed by atoms with Gasteiger partial charge < -0.3 is 9.88 Å². The average Bonchev–Trinajstić information content (AvgIpc) is 3.25. The van der Waals surface area contributed by atoms with Gasteiger partial charge in [-0.3, -0.25) is 4.79 Å². The first kappa shape index (κ1) is 16.9. The Morgan fingerprint density at radius 1 is 1.31 bits per heavy atom. The van der Waals surface area contributed by atoms with E-state index in [1.165, 1.54) is 23.1 Å². The summed E-state index contributed by atoms with van der Waals surface area (Å²) in [5, 5.41) is 15.2. The van der Waals surface area contributed by atoms with E-state index in [9.17, 15) is 4.79 Å². The average molecular weight is 384 g/mol. The number of thioether (sulfide) groups is 1. The molecule has 4 aromatic rings. The van der Waals surface area contributed by atoms with E-state index in [0.29, 0.717) is 10.3 Å². The van der Waals surface area contributed by atoms with E-state index in [1.807, 2.05) is 23.6 Å². The summed E-state index contributed by atoms with van der Waals surface area (Å²) >= 11 is 2.65. The summed E-state index contributed by atoms with van der Waals surface area (Å²) < 4.78 is 2.15. The summed E-state index contributed by atoms with van der Waals surface area (Å²) in [6, 6.07) is 8.32. The van der Waals surface area contributed by atoms with Crippen molar-refractivity contribution in [3.63, 3.8) is 0 Å². The van der Waals surface area contributed by atoms with Crippen LogP contribution in [0.25, 0.3) is 22.1 Å². The number of para-hydroxylation sites is 1. The highest BCUT2D eigenvalue weighted by Gasteiger charge is 2.17. The van der Waals surface area contributed by atoms with Gasteiger partial charge in [0.05, 0.1) is 11.3 Å². The molecule has 3 heterocycles. The van der Waals surface area contributed by atoms with Crippen molar-refractivity contribution < 1.29 is 4.79 Å². The monoisotopic (exact) mass is 384 g/mol. The van der Waals surface area contributed by atoms with Gasteiger partial charge in [-0.1, -0.05) is 30.0 Å². The zero-order chi connectivity index (χ0) is 18.1. The third-order valence-corrected chi connectivity index (χ3v) is 5.35. The molecule has 0 saturated carbocycles. The quantitative estimate of drug-likeness (QED) is 0.528. The van der Waals surface area contributed by atoms with Crippen molar-refractivity contribution in [3.05, 3.63) is 35.8 Å². The van der Waals surface area contributed by atoms with Gasteiger partial charge in [0.1, 0.15) is 5.52 Å². The van der Waals surface area contributed by atoms with Crippen molar-refractivity contribution >= 4 is 56.2 Å². The Balaban J connectivity index is 1.62. The van der Waals surface area contributed by atoms with Crippen LogP contribution in [-0.2, 0) is 4.79 Å². The third kappa shape index (κ3) is 3.15. The van der Waals surface area contributed by atoms with Crippen LogP contribution >= 0.6 is 23.1 Å². The normalized spacial score (nSPS) is 11.5. The number of aromatic nitrogens is 5. The van der Waals surface area contributed by atoms with Crippen molar-refractivity contribution in [2.75, 3.05) is 11.1 Å². The molecule has 0 saturated heterocycles. The highest BCUT2D eigenvalue weighted by molar-refractivity contribution is 7.99. The van der Waals surface area contributed by atoms with Crippen LogP contribution in [0.15, 0.2) is 41.0 Å². The van der Waals surface area contributed by atoms with E-state index in [2.05, 4.69) is 50.0 Å². The molecule has 26 heavy (non-hydrogen) atoms. The Labute approximate surface area is 157 Å². The van der Waals surface area contributed by atoms with Crippen molar-refractivity contribution in [3.8, 4) is 0 Å². The van der Waals surface area contributed by atoms with Crippen molar-refractivity contribution in [2.24, 2.45) is 0 Å². The smallest absolute Gasteiger partial charge is 0.236 e. The molecule has 0 atom stereocenters. The Morgan fingerprint density at radius 3 is 2.92 bits per heavy atom. The molecular formula is C17H16N6OS2. The van der Waals surface area contributed by atoms with E-state index in [4.69, 9.17) is 0 Å². The molecule has 1 aromatic carbocycles. The lowest BCUT2D eigenvalue weighted by Gasteiger charge is -2.10. The van der Waals surface area contributed by atoms with Gasteiger partial charge >= 0.3 is 0 Å². The maximum absolute atomic E-state index is 12.0. The first-order valence-corrected chi connectivity index (χ1v) is 9.95. The maximum atomic E-state index is 12.0. The zero-order valence-corrected chi connectivity index (χ0v) is 15.8. The van der Waals surface area contributed by atoms with Crippen LogP contribution in [0.2, 0.25) is 0 Å². The molecule has 1 amide bonds. The molecule has 0 aliphatic rings. The zero-order valence-electron chi connectivity index (χ0n) is 14.2. The number of hydrogen-bond acceptors (Lipinski definition) is 7. The van der Waals surface area contributed by atoms with Gasteiger partial charge in [-0.15, -0.1) is 21.5 Å². The Bertz CT molecular complexity index is 1070. The molecular weight excluding hydrogens is 368 g/mol. The minimum Gasteiger partial charge on any atom is -0.321 e. The number of anilines is 1. The van der Waals surface area contributed by atoms with Crippen molar-refractivity contribution in [1.29, 1.82) is 0 Å². The molecule has 0 bridgehead atoms. The van der Waals surface area contributed by atoms with Gasteiger partial charge in [-0.25, -0.2) is 9.97 Å². The molecule has 9 heteroatoms. The lowest BCUT2D eigenvalue weighted by atomic mass is 10.2. The van der Waals surface area contributed by atoms with Crippen molar-refractivity contribution in [1.82, 2.24) is 24.7 Å². The molecule has 7 nitrogen and oxygen atoms in total. The van der Waals surface area contributed by atoms with Crippen LogP contribution in [0.1, 0.15) is 19.9 Å². The van der Waals surface area contributed by atoms with E-state index in [0.717, 1.165) is 22.1 Å². The largest absolute Gasteiger partial charge is 0.321 e. The second-order valence-corrected chi connectivity index (χ2v) is 7.76. The summed E-state index contributed by atoms with van der Waals surface area (Å²) in [5.41, 5.74) is 2.66. The fourth-order valence-corrected chi connectivity index (χ4v) is 3.93. The minimum atomic E-state index is -0.141. The van der Waals surface area contributed by atoms with Crippen LogP contribution in [0.3, 0.4) is 0 Å². The highest BCUT2D eigenvalue weighted by Crippen LogP contribution is 2.29. The number of carbonyl (C=O) groups is 1. The lowest BCUT2D eigenvalue weighted by Crippen LogP contribution is -2.14. The fraction of sp³-hybridized carbons (Fsp3) is 0.235. The Kier molecular flexibility index (Phi) is 4.56. The lowest BCUT2D eigenvalue weighted by molar-refractivity contribution is -0.113. The van der Waals surface area contributed by atoms with Crippen LogP contribution in [-0.4, -0.2) is 36.4 Å². The first-order chi connectivity index (χ1) is 12.6. The molecule has 3 aromatic heterocycles. The van der Waals surface area contributed by atoms with E-state index >= 15 is 0 Å². The van der Waals surface area contributed by atoms with Crippen LogP contribution in [0, 0.1) is 0 Å². The SMILES string of the molecule is CC(C)n1c2ccccc2c2nnc(SCC(=O)Nc3nccs3)nc21. The predicted octanol–water partition coefficient (Wildman–Crippen LogP) is 3.75.